The summed E-state index contributed by atoms with van der Waals surface area (Å²) in [6, 6.07) is -2.66. The SMILES string of the molecule is CSCC(=O)N1C[C@@H](NC(=O)NC2CCCCC2)C[C@H]1C(=O)N[C@@H](CCC(=O)O)C(N)=O. The van der Waals surface area contributed by atoms with Crippen molar-refractivity contribution in [2.24, 2.45) is 5.73 Å². The Morgan fingerprint density at radius 1 is 1.09 bits per heavy atom. The van der Waals surface area contributed by atoms with E-state index in [1.54, 1.807) is 6.26 Å². The molecule has 11 nitrogen and oxygen atoms in total. The van der Waals surface area contributed by atoms with E-state index in [1.807, 2.05) is 0 Å². The summed E-state index contributed by atoms with van der Waals surface area (Å²) in [4.78, 5) is 61.7. The Bertz CT molecular complexity index is 715. The van der Waals surface area contributed by atoms with Gasteiger partial charge < -0.3 is 31.7 Å². The number of carboxylic acids is 1. The molecule has 2 aliphatic rings. The highest BCUT2D eigenvalue weighted by molar-refractivity contribution is 7.99. The number of aliphatic carboxylic acids is 1. The van der Waals surface area contributed by atoms with Crippen molar-refractivity contribution in [3.8, 4) is 0 Å². The lowest BCUT2D eigenvalue weighted by Gasteiger charge is -2.25. The second-order valence-electron chi connectivity index (χ2n) is 8.28. The summed E-state index contributed by atoms with van der Waals surface area (Å²) >= 11 is 1.32. The molecule has 0 radical (unpaired) electrons. The number of nitrogens with one attached hydrogen (secondary N) is 3. The Labute approximate surface area is 191 Å². The molecule has 0 bridgehead atoms. The predicted octanol–water partition coefficient (Wildman–Crippen LogP) is -0.214. The molecule has 0 spiro atoms. The number of thioether (sulfide) groups is 1. The van der Waals surface area contributed by atoms with Crippen LogP contribution in [0.2, 0.25) is 0 Å². The highest BCUT2D eigenvalue weighted by atomic mass is 32.2. The first-order valence-corrected chi connectivity index (χ1v) is 12.3. The number of likely N-dealkylation sites (tertiary alicyclic amines) is 1. The van der Waals surface area contributed by atoms with Crippen molar-refractivity contribution in [2.75, 3.05) is 18.6 Å². The molecule has 0 unspecified atom stereocenters. The average Bonchev–Trinajstić information content (AvgIpc) is 3.15. The molecule has 6 N–H and O–H groups in total. The summed E-state index contributed by atoms with van der Waals surface area (Å²) in [7, 11) is 0. The molecule has 0 aromatic carbocycles. The van der Waals surface area contributed by atoms with Crippen LogP contribution in [0.1, 0.15) is 51.4 Å². The third kappa shape index (κ3) is 7.88. The van der Waals surface area contributed by atoms with Crippen LogP contribution in [0.15, 0.2) is 0 Å². The molecule has 1 saturated carbocycles. The Morgan fingerprint density at radius 3 is 2.34 bits per heavy atom. The molecule has 5 amide bonds. The van der Waals surface area contributed by atoms with Gasteiger partial charge in [-0.3, -0.25) is 19.2 Å². The Hall–Kier alpha value is -2.50. The average molecular weight is 472 g/mol. The number of hydrogen-bond acceptors (Lipinski definition) is 6. The van der Waals surface area contributed by atoms with Gasteiger partial charge in [-0.1, -0.05) is 19.3 Å². The molecule has 12 heteroatoms. The zero-order valence-electron chi connectivity index (χ0n) is 18.3. The highest BCUT2D eigenvalue weighted by Gasteiger charge is 2.41. The van der Waals surface area contributed by atoms with Crippen LogP contribution >= 0.6 is 11.8 Å². The van der Waals surface area contributed by atoms with Gasteiger partial charge in [-0.15, -0.1) is 0 Å². The van der Waals surface area contributed by atoms with Crippen molar-refractivity contribution < 1.29 is 29.1 Å². The maximum absolute atomic E-state index is 12.9. The number of carbonyl (C=O) groups is 5. The third-order valence-electron chi connectivity index (χ3n) is 5.77. The number of nitrogens with two attached hydrogens (primary N) is 1. The molecule has 1 aliphatic carbocycles. The largest absolute Gasteiger partial charge is 0.481 e. The number of rotatable bonds is 10. The standard InChI is InChI=1S/C20H33N5O6S/c1-32-11-16(26)25-10-13(23-20(31)22-12-5-3-2-4-6-12)9-15(25)19(30)24-14(18(21)29)7-8-17(27)28/h12-15H,2-11H2,1H3,(H2,21,29)(H,24,30)(H,27,28)(H2,22,23,31)/t13-,14-,15-/m0/s1. The zero-order chi connectivity index (χ0) is 23.7. The number of urea groups is 1. The van der Waals surface area contributed by atoms with E-state index in [9.17, 15) is 24.0 Å². The van der Waals surface area contributed by atoms with Gasteiger partial charge in [0.15, 0.2) is 0 Å². The second-order valence-corrected chi connectivity index (χ2v) is 9.14. The molecule has 0 aromatic heterocycles. The van der Waals surface area contributed by atoms with E-state index in [0.29, 0.717) is 0 Å². The number of nitrogens with zero attached hydrogens (tertiary/aromatic N) is 1. The monoisotopic (exact) mass is 471 g/mol. The number of carbonyl (C=O) groups excluding carboxylic acids is 4. The lowest BCUT2D eigenvalue weighted by molar-refractivity contribution is -0.138. The quantitative estimate of drug-likeness (QED) is 0.293. The molecule has 1 saturated heterocycles. The topological polar surface area (TPSA) is 171 Å². The maximum Gasteiger partial charge on any atom is 0.315 e. The van der Waals surface area contributed by atoms with Crippen LogP contribution < -0.4 is 21.7 Å². The predicted molar refractivity (Wildman–Crippen MR) is 119 cm³/mol. The number of hydrogen-bond donors (Lipinski definition) is 5. The summed E-state index contributed by atoms with van der Waals surface area (Å²) < 4.78 is 0. The molecule has 3 atom stereocenters. The number of amides is 5. The van der Waals surface area contributed by atoms with Crippen LogP contribution in [-0.2, 0) is 19.2 Å². The van der Waals surface area contributed by atoms with E-state index >= 15 is 0 Å². The third-order valence-corrected chi connectivity index (χ3v) is 6.31. The van der Waals surface area contributed by atoms with Crippen LogP contribution in [0.3, 0.4) is 0 Å². The smallest absolute Gasteiger partial charge is 0.315 e. The molecule has 1 heterocycles. The van der Waals surface area contributed by atoms with Crippen molar-refractivity contribution in [1.29, 1.82) is 0 Å². The minimum Gasteiger partial charge on any atom is -0.481 e. The summed E-state index contributed by atoms with van der Waals surface area (Å²) in [5, 5.41) is 17.1. The lowest BCUT2D eigenvalue weighted by Crippen LogP contribution is -2.52. The minimum atomic E-state index is -1.15. The zero-order valence-corrected chi connectivity index (χ0v) is 19.1. The Morgan fingerprint density at radius 2 is 1.75 bits per heavy atom. The first-order valence-electron chi connectivity index (χ1n) is 10.9. The van der Waals surface area contributed by atoms with E-state index < -0.39 is 35.9 Å². The fourth-order valence-electron chi connectivity index (χ4n) is 4.15. The van der Waals surface area contributed by atoms with Gasteiger partial charge in [0.05, 0.1) is 11.8 Å². The van der Waals surface area contributed by atoms with Crippen molar-refractivity contribution in [1.82, 2.24) is 20.9 Å². The highest BCUT2D eigenvalue weighted by Crippen LogP contribution is 2.21. The molecule has 2 fully saturated rings. The van der Waals surface area contributed by atoms with Gasteiger partial charge in [0.25, 0.3) is 0 Å². The summed E-state index contributed by atoms with van der Waals surface area (Å²) in [6.07, 6.45) is 6.68. The van der Waals surface area contributed by atoms with Gasteiger partial charge in [-0.05, 0) is 31.9 Å². The van der Waals surface area contributed by atoms with E-state index in [1.165, 1.54) is 23.1 Å². The van der Waals surface area contributed by atoms with Crippen LogP contribution in [-0.4, -0.2) is 82.4 Å². The Balaban J connectivity index is 2.01. The van der Waals surface area contributed by atoms with Crippen LogP contribution in [0.4, 0.5) is 4.79 Å². The molecule has 32 heavy (non-hydrogen) atoms. The summed E-state index contributed by atoms with van der Waals surface area (Å²) in [5.41, 5.74) is 5.30. The molecule has 0 aromatic rings. The molecule has 2 rings (SSSR count). The van der Waals surface area contributed by atoms with Crippen molar-refractivity contribution in [3.05, 3.63) is 0 Å². The number of primary amides is 1. The first kappa shape index (κ1) is 25.8. The van der Waals surface area contributed by atoms with Crippen LogP contribution in [0.25, 0.3) is 0 Å². The van der Waals surface area contributed by atoms with E-state index in [-0.39, 0.29) is 49.5 Å². The molecular formula is C20H33N5O6S. The van der Waals surface area contributed by atoms with Crippen molar-refractivity contribution in [3.63, 3.8) is 0 Å². The number of carboxylic acid groups (broad SMARTS) is 1. The molecule has 180 valence electrons. The normalized spacial score (nSPS) is 22.1. The lowest BCUT2D eigenvalue weighted by atomic mass is 9.96. The van der Waals surface area contributed by atoms with E-state index in [0.717, 1.165) is 25.7 Å². The van der Waals surface area contributed by atoms with Crippen LogP contribution in [0, 0.1) is 0 Å². The van der Waals surface area contributed by atoms with Gasteiger partial charge in [-0.25, -0.2) is 4.79 Å². The van der Waals surface area contributed by atoms with Crippen molar-refractivity contribution >= 4 is 41.5 Å². The fraction of sp³-hybridized carbons (Fsp3) is 0.750. The van der Waals surface area contributed by atoms with E-state index in [2.05, 4.69) is 16.0 Å². The van der Waals surface area contributed by atoms with Gasteiger partial charge in [0, 0.05) is 19.0 Å². The Kier molecular flexibility index (Phi) is 10.1. The van der Waals surface area contributed by atoms with E-state index in [4.69, 9.17) is 10.8 Å². The minimum absolute atomic E-state index is 0.129. The molecule has 1 aliphatic heterocycles. The summed E-state index contributed by atoms with van der Waals surface area (Å²) in [6.45, 7) is 0.173. The molecular weight excluding hydrogens is 438 g/mol. The van der Waals surface area contributed by atoms with Crippen molar-refractivity contribution in [2.45, 2.75) is 75.5 Å². The summed E-state index contributed by atoms with van der Waals surface area (Å²) in [5.74, 6) is -2.64. The van der Waals surface area contributed by atoms with Gasteiger partial charge >= 0.3 is 12.0 Å². The van der Waals surface area contributed by atoms with Gasteiger partial charge in [-0.2, -0.15) is 11.8 Å². The van der Waals surface area contributed by atoms with Crippen LogP contribution in [0.5, 0.6) is 0 Å². The van der Waals surface area contributed by atoms with Gasteiger partial charge in [0.1, 0.15) is 12.1 Å². The maximum atomic E-state index is 12.9. The second kappa shape index (κ2) is 12.5. The fourth-order valence-corrected chi connectivity index (χ4v) is 4.56. The first-order chi connectivity index (χ1) is 15.2. The van der Waals surface area contributed by atoms with Gasteiger partial charge in [0.2, 0.25) is 17.7 Å².